The number of hydrogen-bond acceptors (Lipinski definition) is 6. The summed E-state index contributed by atoms with van der Waals surface area (Å²) in [6.07, 6.45) is 6.60. The normalized spacial score (nSPS) is 14.3. The Labute approximate surface area is 131 Å². The first-order valence-electron chi connectivity index (χ1n) is 7.21. The molecule has 0 saturated heterocycles. The van der Waals surface area contributed by atoms with Crippen LogP contribution in [0.4, 0.5) is 5.82 Å². The number of nitrogens with zero attached hydrogens (tertiary/aromatic N) is 3. The van der Waals surface area contributed by atoms with Gasteiger partial charge in [0, 0.05) is 16.0 Å². The van der Waals surface area contributed by atoms with Gasteiger partial charge in [0.2, 0.25) is 0 Å². The van der Waals surface area contributed by atoms with Crippen molar-refractivity contribution in [2.45, 2.75) is 39.2 Å². The highest BCUT2D eigenvalue weighted by molar-refractivity contribution is 7.19. The van der Waals surface area contributed by atoms with Gasteiger partial charge in [-0.15, -0.1) is 22.7 Å². The summed E-state index contributed by atoms with van der Waals surface area (Å²) < 4.78 is 0. The lowest BCUT2D eigenvalue weighted by atomic mass is 9.97. The molecule has 3 heterocycles. The van der Waals surface area contributed by atoms with Crippen LogP contribution >= 0.6 is 22.7 Å². The van der Waals surface area contributed by atoms with Crippen molar-refractivity contribution in [2.24, 2.45) is 0 Å². The topological polar surface area (TPSA) is 50.7 Å². The zero-order valence-electron chi connectivity index (χ0n) is 11.8. The summed E-state index contributed by atoms with van der Waals surface area (Å²) in [4.78, 5) is 16.1. The van der Waals surface area contributed by atoms with E-state index >= 15 is 0 Å². The molecule has 0 atom stereocenters. The van der Waals surface area contributed by atoms with E-state index in [1.807, 2.05) is 18.3 Å². The van der Waals surface area contributed by atoms with Gasteiger partial charge in [0.25, 0.3) is 0 Å². The molecule has 0 unspecified atom stereocenters. The van der Waals surface area contributed by atoms with Crippen molar-refractivity contribution < 1.29 is 0 Å². The van der Waals surface area contributed by atoms with E-state index in [4.69, 9.17) is 0 Å². The van der Waals surface area contributed by atoms with Gasteiger partial charge in [0.05, 0.1) is 11.9 Å². The highest BCUT2D eigenvalue weighted by atomic mass is 32.1. The molecule has 1 N–H and O–H groups in total. The minimum absolute atomic E-state index is 0.731. The number of thiazole rings is 1. The quantitative estimate of drug-likeness (QED) is 0.795. The molecule has 3 aromatic heterocycles. The van der Waals surface area contributed by atoms with E-state index in [-0.39, 0.29) is 0 Å². The van der Waals surface area contributed by atoms with Gasteiger partial charge >= 0.3 is 0 Å². The molecule has 0 radical (unpaired) electrons. The molecule has 3 aromatic rings. The fourth-order valence-corrected chi connectivity index (χ4v) is 4.81. The molecule has 0 spiro atoms. The van der Waals surface area contributed by atoms with E-state index in [1.54, 1.807) is 17.7 Å². The van der Waals surface area contributed by atoms with Crippen LogP contribution < -0.4 is 5.32 Å². The van der Waals surface area contributed by atoms with Crippen molar-refractivity contribution in [1.29, 1.82) is 0 Å². The van der Waals surface area contributed by atoms with Crippen molar-refractivity contribution >= 4 is 38.7 Å². The average Bonchev–Trinajstić information content (AvgIpc) is 3.08. The van der Waals surface area contributed by atoms with Gasteiger partial charge in [0.15, 0.2) is 0 Å². The fourth-order valence-electron chi connectivity index (χ4n) is 2.87. The zero-order valence-corrected chi connectivity index (χ0v) is 13.5. The highest BCUT2D eigenvalue weighted by Gasteiger charge is 2.19. The van der Waals surface area contributed by atoms with Gasteiger partial charge in [0.1, 0.15) is 22.0 Å². The molecule has 4 nitrogen and oxygen atoms in total. The lowest BCUT2D eigenvalue weighted by Gasteiger charge is -2.12. The van der Waals surface area contributed by atoms with Crippen LogP contribution in [0, 0.1) is 6.92 Å². The van der Waals surface area contributed by atoms with Crippen LogP contribution in [0.5, 0.6) is 0 Å². The molecular weight excluding hydrogens is 300 g/mol. The summed E-state index contributed by atoms with van der Waals surface area (Å²) in [5, 5.41) is 7.88. The van der Waals surface area contributed by atoms with Gasteiger partial charge < -0.3 is 5.32 Å². The maximum Gasteiger partial charge on any atom is 0.138 e. The van der Waals surface area contributed by atoms with E-state index in [0.717, 1.165) is 34.3 Å². The Kier molecular flexibility index (Phi) is 3.35. The first kappa shape index (κ1) is 13.2. The number of aryl methyl sites for hydroxylation is 3. The summed E-state index contributed by atoms with van der Waals surface area (Å²) in [6.45, 7) is 2.76. The number of aromatic nitrogens is 3. The largest absolute Gasteiger partial charge is 0.363 e. The second kappa shape index (κ2) is 5.35. The summed E-state index contributed by atoms with van der Waals surface area (Å²) in [5.74, 6) is 0.965. The summed E-state index contributed by atoms with van der Waals surface area (Å²) >= 11 is 3.53. The Morgan fingerprint density at radius 2 is 2.14 bits per heavy atom. The van der Waals surface area contributed by atoms with Crippen LogP contribution in [0.25, 0.3) is 10.2 Å². The number of anilines is 1. The lowest BCUT2D eigenvalue weighted by molar-refractivity contribution is 0.700. The molecule has 0 aromatic carbocycles. The summed E-state index contributed by atoms with van der Waals surface area (Å²) in [6, 6.07) is 0. The second-order valence-corrected chi connectivity index (χ2v) is 7.38. The average molecular weight is 316 g/mol. The summed E-state index contributed by atoms with van der Waals surface area (Å²) in [5.41, 5.74) is 2.55. The highest BCUT2D eigenvalue weighted by Crippen LogP contribution is 2.38. The van der Waals surface area contributed by atoms with Crippen LogP contribution in [0.3, 0.4) is 0 Å². The van der Waals surface area contributed by atoms with Crippen molar-refractivity contribution in [3.8, 4) is 0 Å². The van der Waals surface area contributed by atoms with Gasteiger partial charge in [-0.3, -0.25) is 0 Å². The van der Waals surface area contributed by atoms with Gasteiger partial charge in [-0.05, 0) is 38.2 Å². The Morgan fingerprint density at radius 3 is 3.00 bits per heavy atom. The predicted octanol–water partition coefficient (Wildman–Crippen LogP) is 3.95. The number of rotatable bonds is 3. The third kappa shape index (κ3) is 2.42. The van der Waals surface area contributed by atoms with Gasteiger partial charge in [-0.2, -0.15) is 0 Å². The molecular formula is C15H16N4S2. The minimum atomic E-state index is 0.731. The monoisotopic (exact) mass is 316 g/mol. The van der Waals surface area contributed by atoms with Crippen LogP contribution in [-0.4, -0.2) is 15.0 Å². The second-order valence-electron chi connectivity index (χ2n) is 5.35. The van der Waals surface area contributed by atoms with Crippen molar-refractivity contribution in [1.82, 2.24) is 15.0 Å². The molecule has 0 saturated carbocycles. The van der Waals surface area contributed by atoms with Crippen molar-refractivity contribution in [2.75, 3.05) is 5.32 Å². The molecule has 4 rings (SSSR count). The van der Waals surface area contributed by atoms with E-state index in [0.29, 0.717) is 0 Å². The Hall–Kier alpha value is -1.53. The molecule has 108 valence electrons. The summed E-state index contributed by atoms with van der Waals surface area (Å²) in [7, 11) is 0. The molecule has 21 heavy (non-hydrogen) atoms. The third-order valence-corrected chi connectivity index (χ3v) is 5.99. The number of nitrogens with one attached hydrogen (secondary N) is 1. The SMILES string of the molecule is Cc1csc(CNc2ncnc3sc4c(c23)CCCC4)n1. The Morgan fingerprint density at radius 1 is 1.24 bits per heavy atom. The number of hydrogen-bond donors (Lipinski definition) is 1. The first-order chi connectivity index (χ1) is 10.3. The van der Waals surface area contributed by atoms with E-state index in [9.17, 15) is 0 Å². The van der Waals surface area contributed by atoms with Gasteiger partial charge in [-0.25, -0.2) is 15.0 Å². The minimum Gasteiger partial charge on any atom is -0.363 e. The molecule has 6 heteroatoms. The van der Waals surface area contributed by atoms with Crippen LogP contribution in [0.1, 0.15) is 34.0 Å². The molecule has 0 amide bonds. The van der Waals surface area contributed by atoms with Crippen LogP contribution in [0.2, 0.25) is 0 Å². The maximum atomic E-state index is 4.50. The Balaban J connectivity index is 1.69. The van der Waals surface area contributed by atoms with E-state index in [2.05, 4.69) is 25.6 Å². The number of thiophene rings is 1. The lowest BCUT2D eigenvalue weighted by Crippen LogP contribution is -2.04. The van der Waals surface area contributed by atoms with Crippen LogP contribution in [-0.2, 0) is 19.4 Å². The van der Waals surface area contributed by atoms with E-state index < -0.39 is 0 Å². The predicted molar refractivity (Wildman–Crippen MR) is 88.2 cm³/mol. The molecule has 0 aliphatic heterocycles. The molecule has 0 bridgehead atoms. The zero-order chi connectivity index (χ0) is 14.2. The molecule has 1 aliphatic carbocycles. The number of fused-ring (bicyclic) bond motifs is 3. The fraction of sp³-hybridized carbons (Fsp3) is 0.400. The van der Waals surface area contributed by atoms with Gasteiger partial charge in [-0.1, -0.05) is 0 Å². The van der Waals surface area contributed by atoms with E-state index in [1.165, 1.54) is 35.1 Å². The van der Waals surface area contributed by atoms with Crippen LogP contribution in [0.15, 0.2) is 11.7 Å². The Bertz CT molecular complexity index is 790. The third-order valence-electron chi connectivity index (χ3n) is 3.82. The van der Waals surface area contributed by atoms with Crippen molar-refractivity contribution in [3.63, 3.8) is 0 Å². The van der Waals surface area contributed by atoms with Crippen molar-refractivity contribution in [3.05, 3.63) is 32.8 Å². The molecule has 0 fully saturated rings. The standard InChI is InChI=1S/C15H16N4S2/c1-9-7-20-12(19-9)6-16-14-13-10-4-2-3-5-11(10)21-15(13)18-8-17-14/h7-8H,2-6H2,1H3,(H,16,17,18). The first-order valence-corrected chi connectivity index (χ1v) is 8.91. The smallest absolute Gasteiger partial charge is 0.138 e. The maximum absolute atomic E-state index is 4.50. The molecule has 1 aliphatic rings.